The first-order valence-electron chi connectivity index (χ1n) is 9.18. The van der Waals surface area contributed by atoms with Crippen LogP contribution in [0.5, 0.6) is 0 Å². The Morgan fingerprint density at radius 1 is 1.11 bits per heavy atom. The van der Waals surface area contributed by atoms with E-state index in [4.69, 9.17) is 4.74 Å². The molecule has 2 aromatic carbocycles. The summed E-state index contributed by atoms with van der Waals surface area (Å²) in [5.74, 6) is -0.424. The number of rotatable bonds is 5. The molecule has 0 unspecified atom stereocenters. The topological polar surface area (TPSA) is 87.7 Å². The number of benzene rings is 2. The van der Waals surface area contributed by atoms with Gasteiger partial charge in [-0.05, 0) is 50.2 Å². The lowest BCUT2D eigenvalue weighted by Crippen LogP contribution is -2.39. The number of anilines is 2. The van der Waals surface area contributed by atoms with E-state index in [9.17, 15) is 14.4 Å². The molecule has 1 fully saturated rings. The van der Waals surface area contributed by atoms with E-state index >= 15 is 0 Å². The fraction of sp³-hybridized carbons (Fsp3) is 0.286. The number of amides is 3. The Bertz CT molecular complexity index is 862. The number of hydrogen-bond acceptors (Lipinski definition) is 4. The summed E-state index contributed by atoms with van der Waals surface area (Å²) in [5, 5.41) is 5.53. The molecule has 28 heavy (non-hydrogen) atoms. The van der Waals surface area contributed by atoms with Crippen molar-refractivity contribution in [3.63, 3.8) is 0 Å². The summed E-state index contributed by atoms with van der Waals surface area (Å²) in [5.41, 5.74) is 2.92. The standard InChI is InChI=1S/C21H23N3O4/c1-3-28-20(26)15-6-8-16(9-7-15)22-21(27)23-17-12-19(25)24(13-17)18-10-4-14(2)5-11-18/h4-11,17H,3,12-13H2,1-2H3,(H2,22,23,27)/t17-/m1/s1. The van der Waals surface area contributed by atoms with Crippen LogP contribution in [-0.2, 0) is 9.53 Å². The van der Waals surface area contributed by atoms with E-state index in [0.29, 0.717) is 24.4 Å². The van der Waals surface area contributed by atoms with E-state index in [1.165, 1.54) is 0 Å². The highest BCUT2D eigenvalue weighted by Crippen LogP contribution is 2.22. The quantitative estimate of drug-likeness (QED) is 0.779. The fourth-order valence-electron chi connectivity index (χ4n) is 3.04. The highest BCUT2D eigenvalue weighted by molar-refractivity contribution is 5.98. The molecular formula is C21H23N3O4. The van der Waals surface area contributed by atoms with E-state index in [0.717, 1.165) is 11.3 Å². The predicted molar refractivity (Wildman–Crippen MR) is 106 cm³/mol. The second kappa shape index (κ2) is 8.56. The lowest BCUT2D eigenvalue weighted by atomic mass is 10.2. The molecule has 0 radical (unpaired) electrons. The zero-order valence-corrected chi connectivity index (χ0v) is 15.9. The molecule has 0 bridgehead atoms. The van der Waals surface area contributed by atoms with E-state index in [2.05, 4.69) is 10.6 Å². The molecule has 0 aliphatic carbocycles. The molecule has 0 spiro atoms. The third-order valence-electron chi connectivity index (χ3n) is 4.46. The number of nitrogens with zero attached hydrogens (tertiary/aromatic N) is 1. The maximum Gasteiger partial charge on any atom is 0.338 e. The van der Waals surface area contributed by atoms with Gasteiger partial charge in [0.05, 0.1) is 18.2 Å². The summed E-state index contributed by atoms with van der Waals surface area (Å²) < 4.78 is 4.93. The Balaban J connectivity index is 1.54. The van der Waals surface area contributed by atoms with Gasteiger partial charge >= 0.3 is 12.0 Å². The minimum Gasteiger partial charge on any atom is -0.462 e. The SMILES string of the molecule is CCOC(=O)c1ccc(NC(=O)N[C@@H]2CC(=O)N(c3ccc(C)cc3)C2)cc1. The normalized spacial score (nSPS) is 16.0. The van der Waals surface area contributed by atoms with Crippen molar-refractivity contribution in [2.24, 2.45) is 0 Å². The van der Waals surface area contributed by atoms with Gasteiger partial charge in [-0.25, -0.2) is 9.59 Å². The summed E-state index contributed by atoms with van der Waals surface area (Å²) in [6, 6.07) is 13.5. The van der Waals surface area contributed by atoms with Crippen LogP contribution in [0, 0.1) is 6.92 Å². The first kappa shape index (κ1) is 19.4. The van der Waals surface area contributed by atoms with Gasteiger partial charge in [0.1, 0.15) is 0 Å². The number of ether oxygens (including phenoxy) is 1. The minimum absolute atomic E-state index is 0.0204. The first-order valence-corrected chi connectivity index (χ1v) is 9.18. The predicted octanol–water partition coefficient (Wildman–Crippen LogP) is 3.10. The van der Waals surface area contributed by atoms with Gasteiger partial charge in [0.2, 0.25) is 5.91 Å². The zero-order chi connectivity index (χ0) is 20.1. The van der Waals surface area contributed by atoms with Gasteiger partial charge in [-0.2, -0.15) is 0 Å². The third kappa shape index (κ3) is 4.68. The van der Waals surface area contributed by atoms with Crippen molar-refractivity contribution in [3.05, 3.63) is 59.7 Å². The summed E-state index contributed by atoms with van der Waals surface area (Å²) in [7, 11) is 0. The van der Waals surface area contributed by atoms with Crippen molar-refractivity contribution in [1.82, 2.24) is 5.32 Å². The molecule has 1 saturated heterocycles. The molecule has 1 aliphatic heterocycles. The van der Waals surface area contributed by atoms with Crippen molar-refractivity contribution >= 4 is 29.3 Å². The number of esters is 1. The first-order chi connectivity index (χ1) is 13.5. The summed E-state index contributed by atoms with van der Waals surface area (Å²) in [6.07, 6.45) is 0.253. The molecule has 1 heterocycles. The van der Waals surface area contributed by atoms with Crippen LogP contribution >= 0.6 is 0 Å². The molecule has 146 valence electrons. The van der Waals surface area contributed by atoms with Gasteiger partial charge in [-0.1, -0.05) is 17.7 Å². The molecule has 1 atom stereocenters. The molecule has 3 amide bonds. The van der Waals surface area contributed by atoms with Crippen molar-refractivity contribution in [2.45, 2.75) is 26.3 Å². The average Bonchev–Trinajstić information content (AvgIpc) is 3.03. The Labute approximate surface area is 163 Å². The van der Waals surface area contributed by atoms with Crippen LogP contribution in [0.1, 0.15) is 29.3 Å². The summed E-state index contributed by atoms with van der Waals surface area (Å²) in [6.45, 7) is 4.47. The van der Waals surface area contributed by atoms with Crippen molar-refractivity contribution in [2.75, 3.05) is 23.4 Å². The highest BCUT2D eigenvalue weighted by Gasteiger charge is 2.31. The largest absolute Gasteiger partial charge is 0.462 e. The molecular weight excluding hydrogens is 358 g/mol. The second-order valence-corrected chi connectivity index (χ2v) is 6.64. The van der Waals surface area contributed by atoms with E-state index in [1.807, 2.05) is 31.2 Å². The van der Waals surface area contributed by atoms with E-state index in [-0.39, 0.29) is 18.4 Å². The Kier molecular flexibility index (Phi) is 5.93. The van der Waals surface area contributed by atoms with Crippen molar-refractivity contribution < 1.29 is 19.1 Å². The number of urea groups is 1. The Morgan fingerprint density at radius 2 is 1.79 bits per heavy atom. The van der Waals surface area contributed by atoms with Crippen LogP contribution in [0.25, 0.3) is 0 Å². The number of hydrogen-bond donors (Lipinski definition) is 2. The third-order valence-corrected chi connectivity index (χ3v) is 4.46. The average molecular weight is 381 g/mol. The van der Waals surface area contributed by atoms with Crippen LogP contribution in [0.3, 0.4) is 0 Å². The maximum atomic E-state index is 12.3. The fourth-order valence-corrected chi connectivity index (χ4v) is 3.04. The number of carbonyl (C=O) groups excluding carboxylic acids is 3. The number of nitrogens with one attached hydrogen (secondary N) is 2. The molecule has 2 N–H and O–H groups in total. The van der Waals surface area contributed by atoms with Gasteiger partial charge in [0.15, 0.2) is 0 Å². The van der Waals surface area contributed by atoms with E-state index in [1.54, 1.807) is 36.1 Å². The monoisotopic (exact) mass is 381 g/mol. The van der Waals surface area contributed by atoms with Gasteiger partial charge in [0.25, 0.3) is 0 Å². The van der Waals surface area contributed by atoms with Gasteiger partial charge in [-0.15, -0.1) is 0 Å². The molecule has 1 aliphatic rings. The molecule has 7 nitrogen and oxygen atoms in total. The van der Waals surface area contributed by atoms with E-state index < -0.39 is 12.0 Å². The lowest BCUT2D eigenvalue weighted by Gasteiger charge is -2.17. The maximum absolute atomic E-state index is 12.3. The molecule has 7 heteroatoms. The summed E-state index contributed by atoms with van der Waals surface area (Å²) in [4.78, 5) is 37.8. The van der Waals surface area contributed by atoms with Crippen LogP contribution in [0.15, 0.2) is 48.5 Å². The molecule has 2 aromatic rings. The van der Waals surface area contributed by atoms with Gasteiger partial charge in [0, 0.05) is 24.3 Å². The number of carbonyl (C=O) groups is 3. The minimum atomic E-state index is -0.404. The highest BCUT2D eigenvalue weighted by atomic mass is 16.5. The molecule has 3 rings (SSSR count). The zero-order valence-electron chi connectivity index (χ0n) is 15.9. The number of aryl methyl sites for hydroxylation is 1. The van der Waals surface area contributed by atoms with Gasteiger partial charge < -0.3 is 20.3 Å². The van der Waals surface area contributed by atoms with Crippen LogP contribution < -0.4 is 15.5 Å². The second-order valence-electron chi connectivity index (χ2n) is 6.64. The van der Waals surface area contributed by atoms with Crippen molar-refractivity contribution in [3.8, 4) is 0 Å². The van der Waals surface area contributed by atoms with Gasteiger partial charge in [-0.3, -0.25) is 4.79 Å². The van der Waals surface area contributed by atoms with Crippen LogP contribution in [0.4, 0.5) is 16.2 Å². The molecule has 0 aromatic heterocycles. The Morgan fingerprint density at radius 3 is 2.43 bits per heavy atom. The van der Waals surface area contributed by atoms with Crippen molar-refractivity contribution in [1.29, 1.82) is 0 Å². The summed E-state index contributed by atoms with van der Waals surface area (Å²) >= 11 is 0. The van der Waals surface area contributed by atoms with Crippen LogP contribution in [0.2, 0.25) is 0 Å². The molecule has 0 saturated carbocycles. The Hall–Kier alpha value is -3.35. The van der Waals surface area contributed by atoms with Crippen LogP contribution in [-0.4, -0.2) is 37.1 Å². The smallest absolute Gasteiger partial charge is 0.338 e. The lowest BCUT2D eigenvalue weighted by molar-refractivity contribution is -0.117.